The first-order chi connectivity index (χ1) is 23.5. The molecule has 8 heteroatoms. The third-order valence-corrected chi connectivity index (χ3v) is 10.2. The van der Waals surface area contributed by atoms with Gasteiger partial charge in [-0.25, -0.2) is 4.39 Å². The number of ether oxygens (including phenoxy) is 2. The molecule has 2 heterocycles. The van der Waals surface area contributed by atoms with Gasteiger partial charge in [0.05, 0.1) is 18.2 Å². The van der Waals surface area contributed by atoms with Crippen molar-refractivity contribution in [2.75, 3.05) is 25.5 Å². The summed E-state index contributed by atoms with van der Waals surface area (Å²) in [6, 6.07) is 20.8. The summed E-state index contributed by atoms with van der Waals surface area (Å²) in [6.45, 7) is 0.924. The van der Waals surface area contributed by atoms with Crippen molar-refractivity contribution in [3.8, 4) is 22.9 Å². The van der Waals surface area contributed by atoms with Crippen molar-refractivity contribution < 1.29 is 18.7 Å². The van der Waals surface area contributed by atoms with Crippen molar-refractivity contribution in [2.24, 2.45) is 11.8 Å². The molecule has 0 spiro atoms. The highest BCUT2D eigenvalue weighted by Crippen LogP contribution is 2.46. The summed E-state index contributed by atoms with van der Waals surface area (Å²) in [4.78, 5) is 27.5. The van der Waals surface area contributed by atoms with E-state index >= 15 is 4.39 Å². The van der Waals surface area contributed by atoms with E-state index in [-0.39, 0.29) is 22.4 Å². The summed E-state index contributed by atoms with van der Waals surface area (Å²) in [6.07, 6.45) is 11.4. The average Bonchev–Trinajstić information content (AvgIpc) is 3.96. The number of hydrogen-bond acceptors (Lipinski definition) is 5. The van der Waals surface area contributed by atoms with Gasteiger partial charge in [-0.3, -0.25) is 9.59 Å². The second-order valence-corrected chi connectivity index (χ2v) is 13.3. The highest BCUT2D eigenvalue weighted by atomic mass is 19.1. The minimum absolute atomic E-state index is 0.0151. The smallest absolute Gasteiger partial charge is 0.256 e. The maximum atomic E-state index is 16.0. The number of carbonyl (C=O) groups excluding carboxylic acids is 1. The minimum Gasteiger partial charge on any atom is -0.497 e. The first-order valence-electron chi connectivity index (χ1n) is 16.9. The number of anilines is 1. The molecule has 3 aliphatic rings. The van der Waals surface area contributed by atoms with E-state index in [2.05, 4.69) is 16.7 Å². The lowest BCUT2D eigenvalue weighted by Crippen LogP contribution is -2.32. The second kappa shape index (κ2) is 12.5. The van der Waals surface area contributed by atoms with Crippen LogP contribution >= 0.6 is 0 Å². The van der Waals surface area contributed by atoms with Gasteiger partial charge >= 0.3 is 0 Å². The lowest BCUT2D eigenvalue weighted by Gasteiger charge is -2.28. The van der Waals surface area contributed by atoms with Crippen LogP contribution in [0.25, 0.3) is 27.4 Å². The van der Waals surface area contributed by atoms with Gasteiger partial charge in [0, 0.05) is 19.3 Å². The molecule has 48 heavy (non-hydrogen) atoms. The molecule has 2 unspecified atom stereocenters. The van der Waals surface area contributed by atoms with Crippen LogP contribution in [0.2, 0.25) is 0 Å². The number of amides is 1. The zero-order chi connectivity index (χ0) is 32.8. The van der Waals surface area contributed by atoms with E-state index in [1.54, 1.807) is 18.9 Å². The normalized spacial score (nSPS) is 17.8. The molecule has 0 bridgehead atoms. The van der Waals surface area contributed by atoms with E-state index in [0.29, 0.717) is 48.3 Å². The number of fused-ring (bicyclic) bond motifs is 3. The Morgan fingerprint density at radius 3 is 2.60 bits per heavy atom. The summed E-state index contributed by atoms with van der Waals surface area (Å²) in [5, 5.41) is 8.29. The fraction of sp³-hybridized carbons (Fsp3) is 0.300. The lowest BCUT2D eigenvalue weighted by atomic mass is 9.78. The maximum Gasteiger partial charge on any atom is 0.256 e. The van der Waals surface area contributed by atoms with Gasteiger partial charge in [-0.2, -0.15) is 0 Å². The molecule has 4 aromatic carbocycles. The van der Waals surface area contributed by atoms with E-state index in [1.807, 2.05) is 65.2 Å². The molecule has 8 rings (SSSR count). The van der Waals surface area contributed by atoms with Crippen LogP contribution in [0, 0.1) is 17.7 Å². The summed E-state index contributed by atoms with van der Waals surface area (Å²) < 4.78 is 29.5. The van der Waals surface area contributed by atoms with E-state index in [9.17, 15) is 9.59 Å². The summed E-state index contributed by atoms with van der Waals surface area (Å²) in [5.74, 6) is 1.71. The predicted molar refractivity (Wildman–Crippen MR) is 187 cm³/mol. The highest BCUT2D eigenvalue weighted by Gasteiger charge is 2.30. The third kappa shape index (κ3) is 5.69. The molecule has 1 aliphatic heterocycles. The number of aromatic nitrogens is 1. The molecule has 244 valence electrons. The molecule has 5 aromatic rings. The molecule has 2 aliphatic carbocycles. The van der Waals surface area contributed by atoms with Crippen molar-refractivity contribution in [2.45, 2.75) is 44.9 Å². The monoisotopic (exact) mass is 643 g/mol. The van der Waals surface area contributed by atoms with E-state index < -0.39 is 17.2 Å². The van der Waals surface area contributed by atoms with Crippen LogP contribution in [0.15, 0.2) is 89.4 Å². The molecule has 7 nitrogen and oxygen atoms in total. The Kier molecular flexibility index (Phi) is 7.87. The Hall–Kier alpha value is -5.11. The Bertz CT molecular complexity index is 2150. The van der Waals surface area contributed by atoms with E-state index in [1.165, 1.54) is 31.7 Å². The first-order valence-corrected chi connectivity index (χ1v) is 16.9. The molecule has 1 fully saturated rings. The van der Waals surface area contributed by atoms with Gasteiger partial charge in [0.15, 0.2) is 17.3 Å². The van der Waals surface area contributed by atoms with Crippen LogP contribution in [0.4, 0.5) is 10.1 Å². The zero-order valence-corrected chi connectivity index (χ0v) is 27.0. The van der Waals surface area contributed by atoms with Gasteiger partial charge < -0.3 is 24.7 Å². The van der Waals surface area contributed by atoms with E-state index in [0.717, 1.165) is 34.9 Å². The van der Waals surface area contributed by atoms with Crippen LogP contribution in [0.3, 0.4) is 0 Å². The fourth-order valence-electron chi connectivity index (χ4n) is 7.52. The molecule has 0 radical (unpaired) electrons. The Labute approximate surface area is 278 Å². The zero-order valence-electron chi connectivity index (χ0n) is 27.0. The Balaban J connectivity index is 1.12. The molecule has 0 saturated heterocycles. The van der Waals surface area contributed by atoms with Crippen molar-refractivity contribution in [3.63, 3.8) is 0 Å². The molecule has 1 amide bonds. The predicted octanol–water partition coefficient (Wildman–Crippen LogP) is 8.31. The van der Waals surface area contributed by atoms with Gasteiger partial charge in [-0.05, 0) is 90.6 Å². The number of halogens is 1. The minimum atomic E-state index is -0.615. The number of pyridine rings is 1. The number of hydrogen-bond donors (Lipinski definition) is 2. The maximum absolute atomic E-state index is 16.0. The topological polar surface area (TPSA) is 81.6 Å². The van der Waals surface area contributed by atoms with Gasteiger partial charge in [0.1, 0.15) is 22.5 Å². The first kappa shape index (κ1) is 30.2. The lowest BCUT2D eigenvalue weighted by molar-refractivity contribution is 0.0948. The van der Waals surface area contributed by atoms with Crippen molar-refractivity contribution >= 4 is 33.3 Å². The standard InChI is InChI=1S/C40H38FN3O4/c1-47-30-13-9-24(10-14-30)15-17-42-36-33(41)22-31-37-39(36)48-35-21-29-7-3-2-6-28(29)20-34(35)44(37)23-32(38(31)45)40(46)43-18-16-25-5-4-8-27(19-25)26-11-12-26/h2-3,6-7,9-11,13-14,20-23,25,27,42H,4-5,8,12,15-19H2,1H3,(H,43,46). The molecule has 2 atom stereocenters. The number of carbonyl (C=O) groups is 1. The van der Waals surface area contributed by atoms with Crippen LogP contribution in [0.5, 0.6) is 17.2 Å². The van der Waals surface area contributed by atoms with Gasteiger partial charge in [0.2, 0.25) is 5.43 Å². The molecular weight excluding hydrogens is 605 g/mol. The summed E-state index contributed by atoms with van der Waals surface area (Å²) in [5.41, 5.74) is 3.41. The van der Waals surface area contributed by atoms with Crippen LogP contribution in [-0.2, 0) is 6.42 Å². The van der Waals surface area contributed by atoms with Crippen LogP contribution < -0.4 is 25.5 Å². The number of nitrogens with one attached hydrogen (secondary N) is 2. The van der Waals surface area contributed by atoms with Crippen molar-refractivity contribution in [1.29, 1.82) is 0 Å². The Morgan fingerprint density at radius 1 is 1.04 bits per heavy atom. The van der Waals surface area contributed by atoms with E-state index in [4.69, 9.17) is 9.47 Å². The second-order valence-electron chi connectivity index (χ2n) is 13.3. The molecule has 2 N–H and O–H groups in total. The number of benzene rings is 4. The fourth-order valence-corrected chi connectivity index (χ4v) is 7.52. The largest absolute Gasteiger partial charge is 0.497 e. The highest BCUT2D eigenvalue weighted by molar-refractivity contribution is 6.02. The molecule has 1 saturated carbocycles. The molecule has 1 aromatic heterocycles. The average molecular weight is 644 g/mol. The van der Waals surface area contributed by atoms with Crippen LogP contribution in [-0.4, -0.2) is 30.7 Å². The van der Waals surface area contributed by atoms with Crippen molar-refractivity contribution in [3.05, 3.63) is 112 Å². The number of methoxy groups -OCH3 is 1. The van der Waals surface area contributed by atoms with Gasteiger partial charge in [0.25, 0.3) is 5.91 Å². The van der Waals surface area contributed by atoms with Crippen LogP contribution in [0.1, 0.15) is 54.4 Å². The molecular formula is C40H38FN3O4. The summed E-state index contributed by atoms with van der Waals surface area (Å²) >= 11 is 0. The number of allylic oxidation sites excluding steroid dienone is 2. The quantitative estimate of drug-likeness (QED) is 0.147. The summed E-state index contributed by atoms with van der Waals surface area (Å²) in [7, 11) is 1.63. The number of rotatable bonds is 10. The van der Waals surface area contributed by atoms with Gasteiger partial charge in [-0.15, -0.1) is 0 Å². The third-order valence-electron chi connectivity index (χ3n) is 10.2. The van der Waals surface area contributed by atoms with Gasteiger partial charge in [-0.1, -0.05) is 60.9 Å². The van der Waals surface area contributed by atoms with Crippen molar-refractivity contribution in [1.82, 2.24) is 9.88 Å². The number of nitrogens with zero attached hydrogens (tertiary/aromatic N) is 1. The SMILES string of the molecule is COc1ccc(CCNc2c(F)cc3c(=O)c(C(=O)NCCC4CCCC(C5=CC5)C4)cn4c3c2Oc2cc3ccccc3cc2-4)cc1. The Morgan fingerprint density at radius 2 is 1.83 bits per heavy atom.